The summed E-state index contributed by atoms with van der Waals surface area (Å²) in [4.78, 5) is 45.7. The number of para-hydroxylation sites is 1. The molecule has 0 spiro atoms. The lowest BCUT2D eigenvalue weighted by atomic mass is 10.2. The molecular weight excluding hydrogens is 356 g/mol. The molecule has 1 aromatic carbocycles. The quantitative estimate of drug-likeness (QED) is 0.747. The SMILES string of the molecule is O=C(CN1CCCCCC1)N1CCCN2C(=O)N(c3ccccc3)C(=O)C2C1. The van der Waals surface area contributed by atoms with E-state index in [1.165, 1.54) is 17.7 Å². The maximum Gasteiger partial charge on any atom is 0.332 e. The van der Waals surface area contributed by atoms with Gasteiger partial charge in [-0.25, -0.2) is 9.69 Å². The first-order valence-electron chi connectivity index (χ1n) is 10.3. The number of nitrogens with zero attached hydrogens (tertiary/aromatic N) is 4. The highest BCUT2D eigenvalue weighted by atomic mass is 16.2. The third-order valence-electron chi connectivity index (χ3n) is 5.96. The zero-order valence-electron chi connectivity index (χ0n) is 16.3. The highest BCUT2D eigenvalue weighted by Gasteiger charge is 2.47. The fourth-order valence-electron chi connectivity index (χ4n) is 4.43. The van der Waals surface area contributed by atoms with Crippen LogP contribution in [0.1, 0.15) is 32.1 Å². The highest BCUT2D eigenvalue weighted by Crippen LogP contribution is 2.27. The monoisotopic (exact) mass is 384 g/mol. The van der Waals surface area contributed by atoms with Crippen LogP contribution in [0.2, 0.25) is 0 Å². The second-order valence-electron chi connectivity index (χ2n) is 7.88. The van der Waals surface area contributed by atoms with Crippen molar-refractivity contribution in [1.82, 2.24) is 14.7 Å². The minimum absolute atomic E-state index is 0.0714. The molecule has 7 heteroatoms. The van der Waals surface area contributed by atoms with E-state index in [1.807, 2.05) is 18.2 Å². The van der Waals surface area contributed by atoms with Crippen molar-refractivity contribution in [2.45, 2.75) is 38.1 Å². The lowest BCUT2D eigenvalue weighted by Crippen LogP contribution is -2.46. The Morgan fingerprint density at radius 3 is 2.32 bits per heavy atom. The van der Waals surface area contributed by atoms with E-state index >= 15 is 0 Å². The molecule has 3 aliphatic heterocycles. The van der Waals surface area contributed by atoms with Crippen LogP contribution in [-0.4, -0.2) is 77.9 Å². The molecule has 1 unspecified atom stereocenters. The molecule has 7 nitrogen and oxygen atoms in total. The van der Waals surface area contributed by atoms with Gasteiger partial charge in [0, 0.05) is 13.1 Å². The minimum atomic E-state index is -0.580. The van der Waals surface area contributed by atoms with Gasteiger partial charge in [0.25, 0.3) is 5.91 Å². The van der Waals surface area contributed by atoms with Crippen LogP contribution >= 0.6 is 0 Å². The van der Waals surface area contributed by atoms with Crippen molar-refractivity contribution < 1.29 is 14.4 Å². The number of imide groups is 1. The van der Waals surface area contributed by atoms with Gasteiger partial charge in [-0.3, -0.25) is 14.5 Å². The Labute approximate surface area is 165 Å². The van der Waals surface area contributed by atoms with Crippen molar-refractivity contribution in [3.05, 3.63) is 30.3 Å². The molecular formula is C21H28N4O3. The summed E-state index contributed by atoms with van der Waals surface area (Å²) in [6.07, 6.45) is 5.45. The van der Waals surface area contributed by atoms with Crippen LogP contribution in [0.25, 0.3) is 0 Å². The van der Waals surface area contributed by atoms with Crippen LogP contribution in [-0.2, 0) is 9.59 Å². The van der Waals surface area contributed by atoms with Crippen molar-refractivity contribution in [3.8, 4) is 0 Å². The Balaban J connectivity index is 1.46. The third kappa shape index (κ3) is 3.76. The molecule has 3 fully saturated rings. The molecule has 1 aromatic rings. The van der Waals surface area contributed by atoms with Crippen molar-refractivity contribution in [2.75, 3.05) is 44.2 Å². The number of hydrogen-bond donors (Lipinski definition) is 0. The van der Waals surface area contributed by atoms with Crippen molar-refractivity contribution in [3.63, 3.8) is 0 Å². The van der Waals surface area contributed by atoms with Crippen molar-refractivity contribution in [2.24, 2.45) is 0 Å². The average molecular weight is 384 g/mol. The number of benzene rings is 1. The van der Waals surface area contributed by atoms with Crippen molar-refractivity contribution >= 4 is 23.5 Å². The van der Waals surface area contributed by atoms with E-state index in [4.69, 9.17) is 0 Å². The van der Waals surface area contributed by atoms with E-state index in [1.54, 1.807) is 21.9 Å². The largest absolute Gasteiger partial charge is 0.339 e. The Bertz CT molecular complexity index is 730. The van der Waals surface area contributed by atoms with Crippen LogP contribution in [0.15, 0.2) is 30.3 Å². The predicted molar refractivity (Wildman–Crippen MR) is 106 cm³/mol. The molecule has 28 heavy (non-hydrogen) atoms. The number of rotatable bonds is 3. The molecule has 0 aromatic heterocycles. The Morgan fingerprint density at radius 2 is 1.61 bits per heavy atom. The molecule has 3 heterocycles. The van der Waals surface area contributed by atoms with Gasteiger partial charge in [-0.15, -0.1) is 0 Å². The molecule has 3 aliphatic rings. The highest BCUT2D eigenvalue weighted by molar-refractivity contribution is 6.21. The van der Waals surface area contributed by atoms with Gasteiger partial charge in [-0.2, -0.15) is 0 Å². The van der Waals surface area contributed by atoms with Crippen molar-refractivity contribution in [1.29, 1.82) is 0 Å². The summed E-state index contributed by atoms with van der Waals surface area (Å²) in [5.74, 6) is -0.159. The topological polar surface area (TPSA) is 64.2 Å². The summed E-state index contributed by atoms with van der Waals surface area (Å²) in [6, 6.07) is 8.17. The lowest BCUT2D eigenvalue weighted by Gasteiger charge is -2.27. The normalized spacial score (nSPS) is 24.1. The van der Waals surface area contributed by atoms with Crippen LogP contribution in [0.3, 0.4) is 0 Å². The Morgan fingerprint density at radius 1 is 0.893 bits per heavy atom. The number of amides is 4. The second-order valence-corrected chi connectivity index (χ2v) is 7.88. The first-order chi connectivity index (χ1) is 13.6. The number of carbonyl (C=O) groups is 3. The van der Waals surface area contributed by atoms with E-state index in [9.17, 15) is 14.4 Å². The van der Waals surface area contributed by atoms with Crippen LogP contribution in [0, 0.1) is 0 Å². The number of fused-ring (bicyclic) bond motifs is 1. The van der Waals surface area contributed by atoms with Crippen LogP contribution < -0.4 is 4.90 Å². The molecule has 1 atom stereocenters. The first kappa shape index (κ1) is 18.9. The van der Waals surface area contributed by atoms with E-state index in [2.05, 4.69) is 4.90 Å². The average Bonchev–Trinajstić information content (AvgIpc) is 2.98. The zero-order chi connectivity index (χ0) is 19.5. The molecule has 150 valence electrons. The van der Waals surface area contributed by atoms with E-state index in [-0.39, 0.29) is 17.8 Å². The van der Waals surface area contributed by atoms with Gasteiger partial charge < -0.3 is 9.80 Å². The molecule has 3 saturated heterocycles. The summed E-state index contributed by atoms with van der Waals surface area (Å²) < 4.78 is 0. The van der Waals surface area contributed by atoms with Gasteiger partial charge in [0.1, 0.15) is 6.04 Å². The second kappa shape index (κ2) is 8.31. The molecule has 0 N–H and O–H groups in total. The van der Waals surface area contributed by atoms with Gasteiger partial charge in [0.15, 0.2) is 0 Å². The van der Waals surface area contributed by atoms with Gasteiger partial charge in [0.2, 0.25) is 5.91 Å². The number of urea groups is 1. The molecule has 0 aliphatic carbocycles. The van der Waals surface area contributed by atoms with Gasteiger partial charge in [-0.05, 0) is 44.5 Å². The molecule has 0 saturated carbocycles. The third-order valence-corrected chi connectivity index (χ3v) is 5.96. The summed E-state index contributed by atoms with van der Waals surface area (Å²) >= 11 is 0. The van der Waals surface area contributed by atoms with Gasteiger partial charge in [-0.1, -0.05) is 31.0 Å². The summed E-state index contributed by atoms with van der Waals surface area (Å²) in [7, 11) is 0. The number of hydrogen-bond acceptors (Lipinski definition) is 4. The van der Waals surface area contributed by atoms with Crippen LogP contribution in [0.4, 0.5) is 10.5 Å². The number of carbonyl (C=O) groups excluding carboxylic acids is 3. The fourth-order valence-corrected chi connectivity index (χ4v) is 4.43. The maximum atomic E-state index is 13.0. The molecule has 4 rings (SSSR count). The minimum Gasteiger partial charge on any atom is -0.339 e. The molecule has 0 bridgehead atoms. The number of likely N-dealkylation sites (tertiary alicyclic amines) is 1. The first-order valence-corrected chi connectivity index (χ1v) is 10.3. The van der Waals surface area contributed by atoms with E-state index < -0.39 is 6.04 Å². The smallest absolute Gasteiger partial charge is 0.332 e. The predicted octanol–water partition coefficient (Wildman–Crippen LogP) is 1.93. The van der Waals surface area contributed by atoms with E-state index in [0.717, 1.165) is 25.9 Å². The Hall–Kier alpha value is -2.41. The van der Waals surface area contributed by atoms with Crippen LogP contribution in [0.5, 0.6) is 0 Å². The lowest BCUT2D eigenvalue weighted by molar-refractivity contribution is -0.133. The molecule has 0 radical (unpaired) electrons. The van der Waals surface area contributed by atoms with E-state index in [0.29, 0.717) is 38.3 Å². The summed E-state index contributed by atoms with van der Waals surface area (Å²) in [6.45, 7) is 3.75. The van der Waals surface area contributed by atoms with Gasteiger partial charge >= 0.3 is 6.03 Å². The Kier molecular flexibility index (Phi) is 5.62. The molecule has 4 amide bonds. The number of anilines is 1. The zero-order valence-corrected chi connectivity index (χ0v) is 16.3. The summed E-state index contributed by atoms with van der Waals surface area (Å²) in [5.41, 5.74) is 0.591. The van der Waals surface area contributed by atoms with Gasteiger partial charge in [0.05, 0.1) is 18.8 Å². The maximum absolute atomic E-state index is 13.0. The standard InChI is InChI=1S/C21H28N4O3/c26-19(16-22-11-6-1-2-7-12-22)23-13-8-14-24-18(15-23)20(27)25(21(24)28)17-9-4-3-5-10-17/h3-5,9-10,18H,1-2,6-8,11-16H2. The fraction of sp³-hybridized carbons (Fsp3) is 0.571. The summed E-state index contributed by atoms with van der Waals surface area (Å²) in [5, 5.41) is 0.